The fourth-order valence-electron chi connectivity index (χ4n) is 3.83. The molecule has 0 atom stereocenters. The Morgan fingerprint density at radius 1 is 0.759 bits per heavy atom. The summed E-state index contributed by atoms with van der Waals surface area (Å²) in [5, 5.41) is 4.32. The molecule has 1 fully saturated rings. The van der Waals surface area contributed by atoms with Gasteiger partial charge >= 0.3 is 0 Å². The maximum absolute atomic E-state index is 5.79. The Hall–Kier alpha value is -2.69. The zero-order chi connectivity index (χ0) is 19.9. The Balaban J connectivity index is 1.40. The van der Waals surface area contributed by atoms with Gasteiger partial charge < -0.3 is 10.2 Å². The highest BCUT2D eigenvalue weighted by Crippen LogP contribution is 2.27. The number of benzene rings is 3. The third kappa shape index (κ3) is 5.22. The van der Waals surface area contributed by atoms with E-state index in [2.05, 4.69) is 94.0 Å². The monoisotopic (exact) mass is 401 g/mol. The van der Waals surface area contributed by atoms with Crippen LogP contribution in [-0.2, 0) is 6.54 Å². The number of rotatable bonds is 4. The van der Waals surface area contributed by atoms with Crippen LogP contribution in [0.15, 0.2) is 84.9 Å². The molecule has 4 rings (SSSR count). The molecule has 0 amide bonds. The molecule has 1 saturated heterocycles. The van der Waals surface area contributed by atoms with Crippen molar-refractivity contribution in [2.75, 3.05) is 31.5 Å². The van der Waals surface area contributed by atoms with Crippen LogP contribution < -0.4 is 5.32 Å². The minimum Gasteiger partial charge on any atom is -0.348 e. The van der Waals surface area contributed by atoms with Crippen LogP contribution in [0.3, 0.4) is 0 Å². The summed E-state index contributed by atoms with van der Waals surface area (Å²) in [6.07, 6.45) is 1.12. The van der Waals surface area contributed by atoms with Crippen molar-refractivity contribution in [2.45, 2.75) is 13.0 Å². The lowest BCUT2D eigenvalue weighted by Gasteiger charge is -2.25. The van der Waals surface area contributed by atoms with Gasteiger partial charge in [0.25, 0.3) is 0 Å². The van der Waals surface area contributed by atoms with Crippen LogP contribution in [0.5, 0.6) is 0 Å². The first-order valence-corrected chi connectivity index (χ1v) is 10.7. The molecule has 29 heavy (non-hydrogen) atoms. The van der Waals surface area contributed by atoms with Gasteiger partial charge in [0.2, 0.25) is 0 Å². The van der Waals surface area contributed by atoms with Gasteiger partial charge in [-0.25, -0.2) is 0 Å². The van der Waals surface area contributed by atoms with E-state index in [-0.39, 0.29) is 0 Å². The van der Waals surface area contributed by atoms with Gasteiger partial charge in [-0.3, -0.25) is 4.90 Å². The number of nitrogens with zero attached hydrogens (tertiary/aromatic N) is 2. The Morgan fingerprint density at radius 3 is 2.24 bits per heavy atom. The summed E-state index contributed by atoms with van der Waals surface area (Å²) < 4.78 is 0. The minimum absolute atomic E-state index is 0.815. The summed E-state index contributed by atoms with van der Waals surface area (Å²) in [6, 6.07) is 29.5. The topological polar surface area (TPSA) is 18.5 Å². The van der Waals surface area contributed by atoms with Gasteiger partial charge in [0.05, 0.1) is 0 Å². The Morgan fingerprint density at radius 2 is 1.45 bits per heavy atom. The number of anilines is 1. The number of hydrogen-bond acceptors (Lipinski definition) is 2. The van der Waals surface area contributed by atoms with Crippen molar-refractivity contribution in [1.29, 1.82) is 0 Å². The number of hydrogen-bond donors (Lipinski definition) is 1. The summed E-state index contributed by atoms with van der Waals surface area (Å²) in [5.41, 5.74) is 4.81. The molecule has 0 radical (unpaired) electrons. The molecule has 0 unspecified atom stereocenters. The molecule has 1 N–H and O–H groups in total. The SMILES string of the molecule is S=C(Nc1ccccc1-c1ccccc1)N1CCCN(Cc2ccccc2)CC1. The van der Waals surface area contributed by atoms with E-state index in [1.807, 2.05) is 6.07 Å². The lowest BCUT2D eigenvalue weighted by Crippen LogP contribution is -2.37. The van der Waals surface area contributed by atoms with Crippen LogP contribution >= 0.6 is 12.2 Å². The lowest BCUT2D eigenvalue weighted by molar-refractivity contribution is 0.278. The molecule has 148 valence electrons. The largest absolute Gasteiger partial charge is 0.348 e. The highest BCUT2D eigenvalue weighted by molar-refractivity contribution is 7.80. The highest BCUT2D eigenvalue weighted by Gasteiger charge is 2.18. The van der Waals surface area contributed by atoms with E-state index in [4.69, 9.17) is 12.2 Å². The van der Waals surface area contributed by atoms with Crippen LogP contribution in [0, 0.1) is 0 Å². The first kappa shape index (κ1) is 19.6. The molecule has 0 aliphatic carbocycles. The Kier molecular flexibility index (Phi) is 6.55. The predicted molar refractivity (Wildman–Crippen MR) is 126 cm³/mol. The van der Waals surface area contributed by atoms with E-state index in [0.29, 0.717) is 0 Å². The normalized spacial score (nSPS) is 15.0. The quantitative estimate of drug-likeness (QED) is 0.601. The summed E-state index contributed by atoms with van der Waals surface area (Å²) in [5.74, 6) is 0. The van der Waals surface area contributed by atoms with Crippen LogP contribution in [-0.4, -0.2) is 41.1 Å². The molecule has 0 spiro atoms. The third-order valence-electron chi connectivity index (χ3n) is 5.38. The van der Waals surface area contributed by atoms with Crippen molar-refractivity contribution in [2.24, 2.45) is 0 Å². The summed E-state index contributed by atoms with van der Waals surface area (Å²) in [6.45, 7) is 5.08. The van der Waals surface area contributed by atoms with Gasteiger partial charge in [0, 0.05) is 44.0 Å². The molecule has 0 saturated carbocycles. The van der Waals surface area contributed by atoms with Crippen LogP contribution in [0.4, 0.5) is 5.69 Å². The molecular weight excluding hydrogens is 374 g/mol. The van der Waals surface area contributed by atoms with E-state index in [1.165, 1.54) is 16.7 Å². The zero-order valence-corrected chi connectivity index (χ0v) is 17.4. The second-order valence-electron chi connectivity index (χ2n) is 7.44. The average molecular weight is 402 g/mol. The number of thiocarbonyl (C=S) groups is 1. The number of para-hydroxylation sites is 1. The smallest absolute Gasteiger partial charge is 0.173 e. The lowest BCUT2D eigenvalue weighted by atomic mass is 10.0. The summed E-state index contributed by atoms with van der Waals surface area (Å²) in [4.78, 5) is 4.83. The van der Waals surface area contributed by atoms with Gasteiger partial charge in [-0.15, -0.1) is 0 Å². The predicted octanol–water partition coefficient (Wildman–Crippen LogP) is 5.26. The molecule has 1 heterocycles. The summed E-state index contributed by atoms with van der Waals surface area (Å²) in [7, 11) is 0. The van der Waals surface area contributed by atoms with E-state index in [0.717, 1.165) is 49.9 Å². The molecule has 1 aliphatic rings. The molecule has 0 bridgehead atoms. The van der Waals surface area contributed by atoms with Crippen molar-refractivity contribution >= 4 is 23.0 Å². The molecular formula is C25H27N3S. The van der Waals surface area contributed by atoms with Crippen LogP contribution in [0.2, 0.25) is 0 Å². The molecule has 4 heteroatoms. The van der Waals surface area contributed by atoms with E-state index in [1.54, 1.807) is 0 Å². The van der Waals surface area contributed by atoms with Crippen LogP contribution in [0.1, 0.15) is 12.0 Å². The van der Waals surface area contributed by atoms with Gasteiger partial charge in [-0.2, -0.15) is 0 Å². The Bertz CT molecular complexity index is 927. The third-order valence-corrected chi connectivity index (χ3v) is 5.74. The van der Waals surface area contributed by atoms with Crippen molar-refractivity contribution < 1.29 is 0 Å². The second-order valence-corrected chi connectivity index (χ2v) is 7.83. The second kappa shape index (κ2) is 9.68. The first-order chi connectivity index (χ1) is 14.3. The molecule has 3 nitrogen and oxygen atoms in total. The maximum Gasteiger partial charge on any atom is 0.173 e. The van der Waals surface area contributed by atoms with Gasteiger partial charge in [0.1, 0.15) is 0 Å². The standard InChI is InChI=1S/C25H27N3S/c29-25(26-24-15-8-7-14-23(24)22-12-5-2-6-13-22)28-17-9-16-27(18-19-28)20-21-10-3-1-4-11-21/h1-8,10-15H,9,16-20H2,(H,26,29). The maximum atomic E-state index is 5.79. The summed E-state index contributed by atoms with van der Waals surface area (Å²) >= 11 is 5.79. The minimum atomic E-state index is 0.815. The fraction of sp³-hybridized carbons (Fsp3) is 0.240. The van der Waals surface area contributed by atoms with Crippen molar-refractivity contribution in [1.82, 2.24) is 9.80 Å². The van der Waals surface area contributed by atoms with Crippen molar-refractivity contribution in [3.8, 4) is 11.1 Å². The van der Waals surface area contributed by atoms with E-state index in [9.17, 15) is 0 Å². The average Bonchev–Trinajstić information content (AvgIpc) is 3.01. The molecule has 3 aromatic carbocycles. The van der Waals surface area contributed by atoms with Crippen molar-refractivity contribution in [3.05, 3.63) is 90.5 Å². The molecule has 1 aliphatic heterocycles. The Labute approximate surface area is 179 Å². The van der Waals surface area contributed by atoms with Crippen LogP contribution in [0.25, 0.3) is 11.1 Å². The van der Waals surface area contributed by atoms with E-state index < -0.39 is 0 Å². The molecule has 3 aromatic rings. The van der Waals surface area contributed by atoms with Gasteiger partial charge in [0.15, 0.2) is 5.11 Å². The number of nitrogens with one attached hydrogen (secondary N) is 1. The van der Waals surface area contributed by atoms with Crippen molar-refractivity contribution in [3.63, 3.8) is 0 Å². The van der Waals surface area contributed by atoms with Gasteiger partial charge in [-0.05, 0) is 35.8 Å². The molecule has 0 aromatic heterocycles. The van der Waals surface area contributed by atoms with E-state index >= 15 is 0 Å². The van der Waals surface area contributed by atoms with Gasteiger partial charge in [-0.1, -0.05) is 78.9 Å². The highest BCUT2D eigenvalue weighted by atomic mass is 32.1. The first-order valence-electron chi connectivity index (χ1n) is 10.3. The zero-order valence-electron chi connectivity index (χ0n) is 16.6. The fourth-order valence-corrected chi connectivity index (χ4v) is 4.12.